The van der Waals surface area contributed by atoms with E-state index in [-0.39, 0.29) is 5.82 Å². The van der Waals surface area contributed by atoms with Gasteiger partial charge in [0.2, 0.25) is 0 Å². The Labute approximate surface area is 72.7 Å². The lowest BCUT2D eigenvalue weighted by atomic mass is 9.99. The molecule has 0 aliphatic carbocycles. The molecule has 1 aromatic carbocycles. The molecule has 0 nitrogen and oxygen atoms in total. The molecule has 1 rings (SSSR count). The zero-order valence-corrected chi connectivity index (χ0v) is 7.39. The maximum absolute atomic E-state index is 13.4. The van der Waals surface area contributed by atoms with Gasteiger partial charge in [0.05, 0.1) is 0 Å². The summed E-state index contributed by atoms with van der Waals surface area (Å²) in [6, 6.07) is 5.37. The topological polar surface area (TPSA) is 0 Å². The molecule has 63 valence electrons. The quantitative estimate of drug-likeness (QED) is 0.627. The van der Waals surface area contributed by atoms with Crippen LogP contribution < -0.4 is 0 Å². The maximum atomic E-state index is 13.4. The van der Waals surface area contributed by atoms with Gasteiger partial charge in [0, 0.05) is 5.92 Å². The molecule has 0 atom stereocenters. The third-order valence-electron chi connectivity index (χ3n) is 1.92. The summed E-state index contributed by atoms with van der Waals surface area (Å²) in [5.41, 5.74) is 1.32. The molecule has 12 heavy (non-hydrogen) atoms. The molecule has 1 heteroatoms. The lowest BCUT2D eigenvalue weighted by Crippen LogP contribution is -1.96. The molecule has 0 heterocycles. The van der Waals surface area contributed by atoms with Gasteiger partial charge in [-0.3, -0.25) is 0 Å². The maximum Gasteiger partial charge on any atom is 0.130 e. The summed E-state index contributed by atoms with van der Waals surface area (Å²) < 4.78 is 13.4. The first-order chi connectivity index (χ1) is 5.66. The van der Waals surface area contributed by atoms with Crippen LogP contribution in [0.5, 0.6) is 0 Å². The van der Waals surface area contributed by atoms with Crippen molar-refractivity contribution in [2.45, 2.75) is 13.8 Å². The van der Waals surface area contributed by atoms with Gasteiger partial charge in [0.15, 0.2) is 0 Å². The molecule has 0 saturated heterocycles. The largest absolute Gasteiger partial charge is 0.206 e. The summed E-state index contributed by atoms with van der Waals surface area (Å²) in [6.07, 6.45) is 1.66. The summed E-state index contributed by atoms with van der Waals surface area (Å²) in [4.78, 5) is 0. The van der Waals surface area contributed by atoms with Crippen LogP contribution in [-0.4, -0.2) is 0 Å². The molecule has 0 aliphatic heterocycles. The Balaban J connectivity index is 3.15. The van der Waals surface area contributed by atoms with E-state index in [1.54, 1.807) is 25.1 Å². The van der Waals surface area contributed by atoms with Crippen LogP contribution in [0.3, 0.4) is 0 Å². The first kappa shape index (κ1) is 8.98. The number of aryl methyl sites for hydroxylation is 1. The van der Waals surface area contributed by atoms with Crippen molar-refractivity contribution >= 4 is 0 Å². The normalized spacial score (nSPS) is 10.3. The third-order valence-corrected chi connectivity index (χ3v) is 1.92. The van der Waals surface area contributed by atoms with Crippen LogP contribution in [-0.2, 0) is 0 Å². The van der Waals surface area contributed by atoms with Crippen molar-refractivity contribution in [2.24, 2.45) is 0 Å². The Hall–Kier alpha value is -1.11. The predicted octanol–water partition coefficient (Wildman–Crippen LogP) is 3.26. The lowest BCUT2D eigenvalue weighted by Gasteiger charge is -2.08. The summed E-state index contributed by atoms with van der Waals surface area (Å²) >= 11 is 0. The van der Waals surface area contributed by atoms with Crippen LogP contribution in [0, 0.1) is 18.7 Å². The minimum Gasteiger partial charge on any atom is -0.206 e. The summed E-state index contributed by atoms with van der Waals surface area (Å²) in [5, 5.41) is 0. The van der Waals surface area contributed by atoms with Gasteiger partial charge in [-0.25, -0.2) is 4.39 Å². The third kappa shape index (κ3) is 1.55. The van der Waals surface area contributed by atoms with Crippen LogP contribution in [0.1, 0.15) is 18.1 Å². The molecule has 0 aromatic heterocycles. The van der Waals surface area contributed by atoms with Gasteiger partial charge >= 0.3 is 0 Å². The van der Waals surface area contributed by atoms with E-state index >= 15 is 0 Å². The highest BCUT2D eigenvalue weighted by Gasteiger charge is 2.08. The molecule has 0 amide bonds. The van der Waals surface area contributed by atoms with Gasteiger partial charge in [-0.1, -0.05) is 31.2 Å². The van der Waals surface area contributed by atoms with Crippen molar-refractivity contribution in [1.82, 2.24) is 0 Å². The van der Waals surface area contributed by atoms with Crippen LogP contribution in [0.4, 0.5) is 4.39 Å². The zero-order valence-electron chi connectivity index (χ0n) is 7.39. The fraction of sp³-hybridized carbons (Fsp3) is 0.182. The molecule has 1 aromatic rings. The molecule has 1 radical (unpaired) electrons. The molecular formula is C11H12F. The van der Waals surface area contributed by atoms with Crippen molar-refractivity contribution in [2.75, 3.05) is 0 Å². The average Bonchev–Trinajstić information content (AvgIpc) is 2.08. The van der Waals surface area contributed by atoms with E-state index in [1.165, 1.54) is 0 Å². The van der Waals surface area contributed by atoms with Gasteiger partial charge < -0.3 is 0 Å². The van der Waals surface area contributed by atoms with Gasteiger partial charge in [-0.05, 0) is 18.1 Å². The van der Waals surface area contributed by atoms with Crippen LogP contribution in [0.2, 0.25) is 0 Å². The minimum atomic E-state index is -0.144. The van der Waals surface area contributed by atoms with Gasteiger partial charge in [0.1, 0.15) is 5.82 Å². The molecule has 0 spiro atoms. The van der Waals surface area contributed by atoms with Crippen LogP contribution in [0.15, 0.2) is 30.9 Å². The lowest BCUT2D eigenvalue weighted by molar-refractivity contribution is 0.608. The molecule has 0 fully saturated rings. The standard InChI is InChI=1S/C11H12F/c1-4-8(2)10-7-5-6-9(3)11(10)12/h4-7H,1H2,2-3H3. The molecule has 0 unspecified atom stereocenters. The highest BCUT2D eigenvalue weighted by atomic mass is 19.1. The molecule has 0 saturated carbocycles. The highest BCUT2D eigenvalue weighted by Crippen LogP contribution is 2.20. The Bertz CT molecular complexity index is 289. The monoisotopic (exact) mass is 163 g/mol. The summed E-state index contributed by atoms with van der Waals surface area (Å²) in [6.45, 7) is 7.22. The smallest absolute Gasteiger partial charge is 0.130 e. The highest BCUT2D eigenvalue weighted by molar-refractivity contribution is 5.38. The summed E-state index contributed by atoms with van der Waals surface area (Å²) in [7, 11) is 0. The molecule has 0 aliphatic rings. The predicted molar refractivity (Wildman–Crippen MR) is 49.4 cm³/mol. The Kier molecular flexibility index (Phi) is 2.64. The van der Waals surface area contributed by atoms with E-state index in [0.717, 1.165) is 5.92 Å². The average molecular weight is 163 g/mol. The Morgan fingerprint density at radius 2 is 2.17 bits per heavy atom. The number of rotatable bonds is 2. The van der Waals surface area contributed by atoms with Crippen molar-refractivity contribution in [3.8, 4) is 0 Å². The Morgan fingerprint density at radius 1 is 1.50 bits per heavy atom. The van der Waals surface area contributed by atoms with Crippen molar-refractivity contribution in [3.05, 3.63) is 53.7 Å². The van der Waals surface area contributed by atoms with E-state index in [9.17, 15) is 4.39 Å². The second-order valence-electron chi connectivity index (χ2n) is 2.82. The van der Waals surface area contributed by atoms with E-state index in [0.29, 0.717) is 11.1 Å². The number of hydrogen-bond acceptors (Lipinski definition) is 0. The molecular weight excluding hydrogens is 151 g/mol. The van der Waals surface area contributed by atoms with Crippen molar-refractivity contribution < 1.29 is 4.39 Å². The minimum absolute atomic E-state index is 0.144. The summed E-state index contributed by atoms with van der Waals surface area (Å²) in [5.74, 6) is 0.728. The van der Waals surface area contributed by atoms with Gasteiger partial charge in [-0.2, -0.15) is 0 Å². The fourth-order valence-electron chi connectivity index (χ4n) is 1.06. The van der Waals surface area contributed by atoms with E-state index in [2.05, 4.69) is 6.58 Å². The number of allylic oxidation sites excluding steroid dienone is 1. The molecule has 0 bridgehead atoms. The van der Waals surface area contributed by atoms with Crippen molar-refractivity contribution in [3.63, 3.8) is 0 Å². The van der Waals surface area contributed by atoms with Gasteiger partial charge in [-0.15, -0.1) is 6.58 Å². The number of benzene rings is 1. The number of halogens is 1. The van der Waals surface area contributed by atoms with Crippen LogP contribution in [0.25, 0.3) is 0 Å². The number of hydrogen-bond donors (Lipinski definition) is 0. The van der Waals surface area contributed by atoms with E-state index in [1.807, 2.05) is 13.0 Å². The van der Waals surface area contributed by atoms with Crippen LogP contribution >= 0.6 is 0 Å². The molecule has 0 N–H and O–H groups in total. The van der Waals surface area contributed by atoms with Gasteiger partial charge in [0.25, 0.3) is 0 Å². The zero-order chi connectivity index (χ0) is 9.14. The first-order valence-corrected chi connectivity index (χ1v) is 3.88. The second kappa shape index (κ2) is 3.53. The van der Waals surface area contributed by atoms with Crippen molar-refractivity contribution in [1.29, 1.82) is 0 Å². The van der Waals surface area contributed by atoms with E-state index < -0.39 is 0 Å². The first-order valence-electron chi connectivity index (χ1n) is 3.88. The second-order valence-corrected chi connectivity index (χ2v) is 2.82. The Morgan fingerprint density at radius 3 is 2.75 bits per heavy atom. The SMILES string of the molecule is C=C[C](C)c1cccc(C)c1F. The fourth-order valence-corrected chi connectivity index (χ4v) is 1.06. The van der Waals surface area contributed by atoms with E-state index in [4.69, 9.17) is 0 Å².